The van der Waals surface area contributed by atoms with Gasteiger partial charge in [-0.1, -0.05) is 0 Å². The predicted octanol–water partition coefficient (Wildman–Crippen LogP) is 4.94. The summed E-state index contributed by atoms with van der Waals surface area (Å²) in [5.41, 5.74) is 0. The Labute approximate surface area is 188 Å². The monoisotopic (exact) mass is 568 g/mol. The van der Waals surface area contributed by atoms with Crippen LogP contribution in [0.2, 0.25) is 0 Å². The van der Waals surface area contributed by atoms with Crippen molar-refractivity contribution in [2.24, 2.45) is 0 Å². The molecular formula is C20H38F6N4Sn. The number of rotatable bonds is 6. The Kier molecular flexibility index (Phi) is 9.06. The topological polar surface area (TPSA) is 13.0 Å². The first kappa shape index (κ1) is 27.5. The summed E-state index contributed by atoms with van der Waals surface area (Å²) in [6.45, 7) is 12.0. The number of halogens is 6. The Morgan fingerprint density at radius 1 is 0.581 bits per heavy atom. The van der Waals surface area contributed by atoms with Crippen LogP contribution in [0.25, 0.3) is 0 Å². The van der Waals surface area contributed by atoms with Crippen molar-refractivity contribution < 1.29 is 26.3 Å². The molecule has 0 aliphatic carbocycles. The minimum absolute atomic E-state index is 0.0804. The average Bonchev–Trinajstić information content (AvgIpc) is 2.70. The molecule has 4 unspecified atom stereocenters. The summed E-state index contributed by atoms with van der Waals surface area (Å²) in [5, 5.41) is 0. The molecule has 31 heavy (non-hydrogen) atoms. The molecule has 4 nitrogen and oxygen atoms in total. The van der Waals surface area contributed by atoms with E-state index in [1.807, 2.05) is 27.7 Å². The number of nitrogens with zero attached hydrogens (tertiary/aromatic N) is 4. The van der Waals surface area contributed by atoms with Gasteiger partial charge in [-0.3, -0.25) is 0 Å². The van der Waals surface area contributed by atoms with Crippen molar-refractivity contribution in [3.05, 3.63) is 0 Å². The fourth-order valence-corrected chi connectivity index (χ4v) is 24.9. The van der Waals surface area contributed by atoms with Gasteiger partial charge < -0.3 is 0 Å². The van der Waals surface area contributed by atoms with Gasteiger partial charge in [0.05, 0.1) is 0 Å². The Morgan fingerprint density at radius 3 is 1.06 bits per heavy atom. The van der Waals surface area contributed by atoms with Gasteiger partial charge in [0.2, 0.25) is 0 Å². The zero-order valence-electron chi connectivity index (χ0n) is 19.5. The first-order chi connectivity index (χ1) is 14.4. The van der Waals surface area contributed by atoms with Crippen molar-refractivity contribution in [3.8, 4) is 0 Å². The predicted molar refractivity (Wildman–Crippen MR) is 112 cm³/mol. The second-order valence-electron chi connectivity index (χ2n) is 8.45. The van der Waals surface area contributed by atoms with Crippen LogP contribution < -0.4 is 0 Å². The number of hydrogen-bond acceptors (Lipinski definition) is 4. The molecule has 184 valence electrons. The van der Waals surface area contributed by atoms with E-state index >= 15 is 0 Å². The molecule has 1 spiro atoms. The molecule has 0 aromatic heterocycles. The van der Waals surface area contributed by atoms with E-state index in [1.54, 1.807) is 13.8 Å². The fraction of sp³-hybridized carbons (Fsp3) is 1.00. The van der Waals surface area contributed by atoms with E-state index in [4.69, 9.17) is 0 Å². The first-order valence-electron chi connectivity index (χ1n) is 11.6. The van der Waals surface area contributed by atoms with Crippen molar-refractivity contribution in [1.82, 2.24) is 12.5 Å². The molecule has 0 bridgehead atoms. The van der Waals surface area contributed by atoms with E-state index in [-0.39, 0.29) is 38.0 Å². The molecular weight excluding hydrogens is 529 g/mol. The van der Waals surface area contributed by atoms with Gasteiger partial charge in [0.25, 0.3) is 0 Å². The van der Waals surface area contributed by atoms with Crippen LogP contribution in [0.1, 0.15) is 67.2 Å². The average molecular weight is 567 g/mol. The SMILES string of the molecule is CCC1CC(C(F)(F)F)[N](CC)[Sn]2([N]1CC)[N](CC)C(CC)CC(C(F)(F)F)[N]2CC. The van der Waals surface area contributed by atoms with E-state index in [1.165, 1.54) is 6.24 Å². The summed E-state index contributed by atoms with van der Waals surface area (Å²) in [6, 6.07) is -4.15. The Balaban J connectivity index is 2.89. The van der Waals surface area contributed by atoms with E-state index in [0.29, 0.717) is 25.9 Å². The van der Waals surface area contributed by atoms with Crippen molar-refractivity contribution >= 4 is 19.5 Å². The second kappa shape index (κ2) is 10.2. The Morgan fingerprint density at radius 2 is 0.871 bits per heavy atom. The molecule has 2 saturated heterocycles. The standard InChI is InChI=1S/2C10H19F3N2.Sn/c2*1-4-8(14-5-2)7-9(15-6-3)10(11,12)13;/h2*8-9H,4-7H2,1-3H3;/q2*-2;+4. The van der Waals surface area contributed by atoms with Crippen LogP contribution in [-0.2, 0) is 0 Å². The fourth-order valence-electron chi connectivity index (χ4n) is 6.12. The maximum atomic E-state index is 14.3. The third kappa shape index (κ3) is 4.61. The van der Waals surface area contributed by atoms with E-state index < -0.39 is 43.9 Å². The summed E-state index contributed by atoms with van der Waals surface area (Å²) in [4.78, 5) is 0. The van der Waals surface area contributed by atoms with Gasteiger partial charge in [0, 0.05) is 0 Å². The van der Waals surface area contributed by atoms with Crippen LogP contribution in [0, 0.1) is 0 Å². The van der Waals surface area contributed by atoms with Gasteiger partial charge in [-0.15, -0.1) is 0 Å². The van der Waals surface area contributed by atoms with Crippen molar-refractivity contribution in [1.29, 1.82) is 0 Å². The van der Waals surface area contributed by atoms with Gasteiger partial charge in [-0.05, 0) is 0 Å². The summed E-state index contributed by atoms with van der Waals surface area (Å²) in [6.07, 6.45) is -8.11. The molecule has 0 radical (unpaired) electrons. The van der Waals surface area contributed by atoms with Gasteiger partial charge in [-0.2, -0.15) is 0 Å². The summed E-state index contributed by atoms with van der Waals surface area (Å²) < 4.78 is 93.3. The van der Waals surface area contributed by atoms with Gasteiger partial charge >= 0.3 is 188 Å². The van der Waals surface area contributed by atoms with E-state index in [0.717, 1.165) is 0 Å². The van der Waals surface area contributed by atoms with Crippen LogP contribution in [0.3, 0.4) is 0 Å². The van der Waals surface area contributed by atoms with Crippen molar-refractivity contribution in [3.63, 3.8) is 0 Å². The molecule has 4 atom stereocenters. The normalized spacial score (nSPS) is 35.2. The summed E-state index contributed by atoms with van der Waals surface area (Å²) in [5.74, 6) is 0. The Bertz CT molecular complexity index is 537. The molecule has 0 amide bonds. The summed E-state index contributed by atoms with van der Waals surface area (Å²) in [7, 11) is 0. The van der Waals surface area contributed by atoms with E-state index in [9.17, 15) is 26.3 Å². The zero-order valence-corrected chi connectivity index (χ0v) is 22.4. The van der Waals surface area contributed by atoms with Crippen LogP contribution in [0.5, 0.6) is 0 Å². The van der Waals surface area contributed by atoms with Crippen LogP contribution in [0.4, 0.5) is 26.3 Å². The molecule has 2 aliphatic rings. The minimum atomic E-state index is -4.80. The third-order valence-electron chi connectivity index (χ3n) is 7.23. The first-order valence-corrected chi connectivity index (χ1v) is 16.7. The van der Waals surface area contributed by atoms with Crippen LogP contribution in [0.15, 0.2) is 0 Å². The maximum absolute atomic E-state index is 14.3. The molecule has 2 fully saturated rings. The van der Waals surface area contributed by atoms with Crippen LogP contribution >= 0.6 is 0 Å². The van der Waals surface area contributed by atoms with Gasteiger partial charge in [-0.25, -0.2) is 0 Å². The Hall–Kier alpha value is 0.219. The molecule has 0 aromatic carbocycles. The molecule has 2 aliphatic heterocycles. The molecule has 11 heteroatoms. The zero-order chi connectivity index (χ0) is 23.8. The van der Waals surface area contributed by atoms with Gasteiger partial charge in [0.15, 0.2) is 0 Å². The van der Waals surface area contributed by atoms with E-state index in [2.05, 4.69) is 6.24 Å². The molecule has 0 aromatic rings. The molecule has 2 heterocycles. The third-order valence-corrected chi connectivity index (χ3v) is 23.5. The van der Waals surface area contributed by atoms with Crippen LogP contribution in [-0.4, -0.2) is 94.7 Å². The number of alkyl halides is 6. The summed E-state index contributed by atoms with van der Waals surface area (Å²) >= 11 is -4.80. The second-order valence-corrected chi connectivity index (χ2v) is 18.4. The van der Waals surface area contributed by atoms with Crippen molar-refractivity contribution in [2.45, 2.75) is 104 Å². The molecule has 0 saturated carbocycles. The molecule has 0 N–H and O–H groups in total. The van der Waals surface area contributed by atoms with Gasteiger partial charge in [0.1, 0.15) is 0 Å². The van der Waals surface area contributed by atoms with Crippen molar-refractivity contribution in [2.75, 3.05) is 26.2 Å². The quantitative estimate of drug-likeness (QED) is 0.334. The number of hydrogen-bond donors (Lipinski definition) is 0. The molecule has 2 rings (SSSR count).